The molecule has 0 radical (unpaired) electrons. The van der Waals surface area contributed by atoms with Crippen LogP contribution in [0.2, 0.25) is 0 Å². The standard InChI is InChI=1S/C12H13BrN2O3/c1-17-12(16)11-5-8(7-18-11)10-6-9(14-15-10)3-2-4-13/h5-7H,2-4H2,1H3,(H,14,15). The molecule has 5 nitrogen and oxygen atoms in total. The topological polar surface area (TPSA) is 68.1 Å². The van der Waals surface area contributed by atoms with Crippen molar-refractivity contribution in [2.45, 2.75) is 12.8 Å². The number of halogens is 1. The molecule has 0 aliphatic carbocycles. The van der Waals surface area contributed by atoms with Crippen LogP contribution in [0.4, 0.5) is 0 Å². The molecule has 0 unspecified atom stereocenters. The normalized spacial score (nSPS) is 10.6. The van der Waals surface area contributed by atoms with Gasteiger partial charge < -0.3 is 9.15 Å². The quantitative estimate of drug-likeness (QED) is 0.681. The van der Waals surface area contributed by atoms with Crippen LogP contribution in [-0.4, -0.2) is 28.6 Å². The molecule has 0 saturated heterocycles. The number of alkyl halides is 1. The molecule has 18 heavy (non-hydrogen) atoms. The number of carbonyl (C=O) groups excluding carboxylic acids is 1. The molecule has 2 aromatic heterocycles. The summed E-state index contributed by atoms with van der Waals surface area (Å²) in [5.41, 5.74) is 2.58. The second-order valence-electron chi connectivity index (χ2n) is 3.76. The van der Waals surface area contributed by atoms with Gasteiger partial charge >= 0.3 is 5.97 Å². The van der Waals surface area contributed by atoms with Crippen molar-refractivity contribution >= 4 is 21.9 Å². The van der Waals surface area contributed by atoms with Crippen molar-refractivity contribution < 1.29 is 13.9 Å². The predicted octanol–water partition coefficient (Wildman–Crippen LogP) is 2.78. The van der Waals surface area contributed by atoms with E-state index in [1.165, 1.54) is 13.4 Å². The van der Waals surface area contributed by atoms with Gasteiger partial charge in [-0.15, -0.1) is 0 Å². The van der Waals surface area contributed by atoms with Crippen LogP contribution in [0.5, 0.6) is 0 Å². The lowest BCUT2D eigenvalue weighted by molar-refractivity contribution is 0.0565. The van der Waals surface area contributed by atoms with Crippen LogP contribution in [0.15, 0.2) is 22.8 Å². The van der Waals surface area contributed by atoms with Crippen LogP contribution in [-0.2, 0) is 11.2 Å². The predicted molar refractivity (Wildman–Crippen MR) is 69.7 cm³/mol. The SMILES string of the molecule is COC(=O)c1cc(-c2cc(CCCBr)[nH]n2)co1. The Morgan fingerprint density at radius 1 is 1.56 bits per heavy atom. The molecule has 0 fully saturated rings. The molecule has 0 aromatic carbocycles. The third-order valence-corrected chi connectivity index (χ3v) is 3.05. The summed E-state index contributed by atoms with van der Waals surface area (Å²) in [4.78, 5) is 11.3. The number of carbonyl (C=O) groups is 1. The first-order valence-electron chi connectivity index (χ1n) is 5.52. The summed E-state index contributed by atoms with van der Waals surface area (Å²) < 4.78 is 9.70. The molecular weight excluding hydrogens is 300 g/mol. The van der Waals surface area contributed by atoms with Crippen LogP contribution in [0.25, 0.3) is 11.3 Å². The number of rotatable bonds is 5. The van der Waals surface area contributed by atoms with Gasteiger partial charge in [-0.2, -0.15) is 5.10 Å². The molecule has 2 aromatic rings. The average Bonchev–Trinajstić information content (AvgIpc) is 3.03. The van der Waals surface area contributed by atoms with Crippen LogP contribution >= 0.6 is 15.9 Å². The Morgan fingerprint density at radius 3 is 3.11 bits per heavy atom. The molecule has 0 bridgehead atoms. The van der Waals surface area contributed by atoms with Gasteiger partial charge in [-0.1, -0.05) is 15.9 Å². The molecule has 0 atom stereocenters. The zero-order valence-electron chi connectivity index (χ0n) is 9.90. The van der Waals surface area contributed by atoms with E-state index < -0.39 is 5.97 Å². The zero-order chi connectivity index (χ0) is 13.0. The number of H-pyrrole nitrogens is 1. The van der Waals surface area contributed by atoms with Gasteiger partial charge in [-0.05, 0) is 18.9 Å². The van der Waals surface area contributed by atoms with Gasteiger partial charge in [0.2, 0.25) is 5.76 Å². The molecule has 1 N–H and O–H groups in total. The molecule has 0 spiro atoms. The number of ether oxygens (including phenoxy) is 1. The monoisotopic (exact) mass is 312 g/mol. The minimum absolute atomic E-state index is 0.178. The van der Waals surface area contributed by atoms with Gasteiger partial charge in [0.15, 0.2) is 0 Å². The highest BCUT2D eigenvalue weighted by Gasteiger charge is 2.13. The van der Waals surface area contributed by atoms with Gasteiger partial charge in [-0.3, -0.25) is 5.10 Å². The van der Waals surface area contributed by atoms with E-state index in [9.17, 15) is 4.79 Å². The Labute approximate surface area is 113 Å². The Balaban J connectivity index is 2.13. The summed E-state index contributed by atoms with van der Waals surface area (Å²) in [6.07, 6.45) is 3.47. The highest BCUT2D eigenvalue weighted by molar-refractivity contribution is 9.09. The maximum atomic E-state index is 11.3. The van der Waals surface area contributed by atoms with Crippen LogP contribution in [0.1, 0.15) is 22.7 Å². The number of aryl methyl sites for hydroxylation is 1. The molecule has 96 valence electrons. The third kappa shape index (κ3) is 2.81. The van der Waals surface area contributed by atoms with Crippen molar-refractivity contribution in [1.82, 2.24) is 10.2 Å². The minimum atomic E-state index is -0.490. The van der Waals surface area contributed by atoms with Crippen LogP contribution in [0, 0.1) is 0 Å². The number of hydrogen-bond acceptors (Lipinski definition) is 4. The Hall–Kier alpha value is -1.56. The van der Waals surface area contributed by atoms with Gasteiger partial charge in [-0.25, -0.2) is 4.79 Å². The van der Waals surface area contributed by atoms with Crippen molar-refractivity contribution in [3.63, 3.8) is 0 Å². The fourth-order valence-electron chi connectivity index (χ4n) is 1.57. The van der Waals surface area contributed by atoms with E-state index in [4.69, 9.17) is 4.42 Å². The van der Waals surface area contributed by atoms with Crippen molar-refractivity contribution in [3.05, 3.63) is 29.9 Å². The van der Waals surface area contributed by atoms with Crippen molar-refractivity contribution in [3.8, 4) is 11.3 Å². The third-order valence-electron chi connectivity index (χ3n) is 2.49. The molecule has 2 rings (SSSR count). The minimum Gasteiger partial charge on any atom is -0.463 e. The Bertz CT molecular complexity index is 533. The van der Waals surface area contributed by atoms with E-state index >= 15 is 0 Å². The van der Waals surface area contributed by atoms with Crippen LogP contribution in [0.3, 0.4) is 0 Å². The number of nitrogens with zero attached hydrogens (tertiary/aromatic N) is 1. The second kappa shape index (κ2) is 5.86. The summed E-state index contributed by atoms with van der Waals surface area (Å²) in [5.74, 6) is -0.311. The van der Waals surface area contributed by atoms with Gasteiger partial charge in [0, 0.05) is 22.7 Å². The van der Waals surface area contributed by atoms with Crippen LogP contribution < -0.4 is 0 Å². The average molecular weight is 313 g/mol. The van der Waals surface area contributed by atoms with Crippen molar-refractivity contribution in [1.29, 1.82) is 0 Å². The fourth-order valence-corrected chi connectivity index (χ4v) is 1.85. The highest BCUT2D eigenvalue weighted by atomic mass is 79.9. The molecule has 2 heterocycles. The van der Waals surface area contributed by atoms with E-state index in [1.54, 1.807) is 6.07 Å². The fraction of sp³-hybridized carbons (Fsp3) is 0.333. The number of aromatic nitrogens is 2. The zero-order valence-corrected chi connectivity index (χ0v) is 11.5. The molecule has 0 amide bonds. The molecule has 0 saturated carbocycles. The summed E-state index contributed by atoms with van der Waals surface area (Å²) >= 11 is 3.39. The maximum Gasteiger partial charge on any atom is 0.373 e. The number of methoxy groups -OCH3 is 1. The summed E-state index contributed by atoms with van der Waals surface area (Å²) in [7, 11) is 1.32. The number of aromatic amines is 1. The van der Waals surface area contributed by atoms with E-state index in [1.807, 2.05) is 6.07 Å². The maximum absolute atomic E-state index is 11.3. The van der Waals surface area contributed by atoms with Crippen molar-refractivity contribution in [2.75, 3.05) is 12.4 Å². The lowest BCUT2D eigenvalue weighted by Crippen LogP contribution is -1.98. The number of nitrogens with one attached hydrogen (secondary N) is 1. The van der Waals surface area contributed by atoms with E-state index in [0.717, 1.165) is 35.1 Å². The largest absolute Gasteiger partial charge is 0.463 e. The van der Waals surface area contributed by atoms with Gasteiger partial charge in [0.25, 0.3) is 0 Å². The molecule has 0 aliphatic heterocycles. The Kier molecular flexibility index (Phi) is 4.19. The number of esters is 1. The Morgan fingerprint density at radius 2 is 2.39 bits per heavy atom. The second-order valence-corrected chi connectivity index (χ2v) is 4.56. The smallest absolute Gasteiger partial charge is 0.373 e. The molecule has 0 aliphatic rings. The lowest BCUT2D eigenvalue weighted by Gasteiger charge is -1.90. The first-order valence-corrected chi connectivity index (χ1v) is 6.64. The number of furan rings is 1. The van der Waals surface area contributed by atoms with E-state index in [2.05, 4.69) is 30.9 Å². The lowest BCUT2D eigenvalue weighted by atomic mass is 10.2. The van der Waals surface area contributed by atoms with Gasteiger partial charge in [0.05, 0.1) is 12.8 Å². The van der Waals surface area contributed by atoms with E-state index in [0.29, 0.717) is 0 Å². The molecular formula is C12H13BrN2O3. The number of hydrogen-bond donors (Lipinski definition) is 1. The van der Waals surface area contributed by atoms with Gasteiger partial charge in [0.1, 0.15) is 6.26 Å². The summed E-state index contributed by atoms with van der Waals surface area (Å²) in [5, 5.41) is 8.11. The first-order chi connectivity index (χ1) is 8.74. The van der Waals surface area contributed by atoms with Crippen molar-refractivity contribution in [2.24, 2.45) is 0 Å². The summed E-state index contributed by atoms with van der Waals surface area (Å²) in [6, 6.07) is 3.57. The molecule has 6 heteroatoms. The van der Waals surface area contributed by atoms with E-state index in [-0.39, 0.29) is 5.76 Å². The first kappa shape index (κ1) is 12.9. The highest BCUT2D eigenvalue weighted by Crippen LogP contribution is 2.21. The summed E-state index contributed by atoms with van der Waals surface area (Å²) in [6.45, 7) is 0.